The van der Waals surface area contributed by atoms with E-state index in [4.69, 9.17) is 4.74 Å². The molecule has 1 aromatic rings. The number of rotatable bonds is 1. The molecule has 1 aromatic heterocycles. The van der Waals surface area contributed by atoms with Crippen LogP contribution in [0.25, 0.3) is 0 Å². The largest absolute Gasteiger partial charge is 0.444 e. The summed E-state index contributed by atoms with van der Waals surface area (Å²) in [5, 5.41) is 0. The molecule has 22 heavy (non-hydrogen) atoms. The lowest BCUT2D eigenvalue weighted by atomic mass is 10.1. The van der Waals surface area contributed by atoms with Crippen molar-refractivity contribution in [2.45, 2.75) is 45.5 Å². The number of hydrogen-bond acceptors (Lipinski definition) is 5. The Kier molecular flexibility index (Phi) is 3.66. The van der Waals surface area contributed by atoms with Gasteiger partial charge in [0.05, 0.1) is 25.3 Å². The van der Waals surface area contributed by atoms with Gasteiger partial charge in [0.15, 0.2) is 0 Å². The summed E-state index contributed by atoms with van der Waals surface area (Å²) in [6.07, 6.45) is 1.37. The van der Waals surface area contributed by atoms with Gasteiger partial charge in [0.1, 0.15) is 11.8 Å². The highest BCUT2D eigenvalue weighted by molar-refractivity contribution is 5.68. The Bertz CT molecular complexity index is 581. The van der Waals surface area contributed by atoms with Crippen molar-refractivity contribution in [3.05, 3.63) is 17.5 Å². The first-order valence-corrected chi connectivity index (χ1v) is 7.53. The maximum Gasteiger partial charge on any atom is 0.410 e. The van der Waals surface area contributed by atoms with Crippen molar-refractivity contribution in [3.8, 4) is 0 Å². The minimum atomic E-state index is -0.794. The predicted molar refractivity (Wildman–Crippen MR) is 79.5 cm³/mol. The van der Waals surface area contributed by atoms with Crippen LogP contribution in [0, 0.1) is 0 Å². The Balaban J connectivity index is 1.71. The zero-order valence-electron chi connectivity index (χ0n) is 13.2. The van der Waals surface area contributed by atoms with Gasteiger partial charge in [0, 0.05) is 12.7 Å². The summed E-state index contributed by atoms with van der Waals surface area (Å²) in [6, 6.07) is 0. The number of alkyl halides is 1. The van der Waals surface area contributed by atoms with Gasteiger partial charge in [-0.2, -0.15) is 0 Å². The highest BCUT2D eigenvalue weighted by Gasteiger charge is 2.30. The fourth-order valence-electron chi connectivity index (χ4n) is 2.52. The van der Waals surface area contributed by atoms with E-state index in [1.165, 1.54) is 0 Å². The van der Waals surface area contributed by atoms with Crippen LogP contribution < -0.4 is 4.90 Å². The van der Waals surface area contributed by atoms with Gasteiger partial charge in [0.25, 0.3) is 0 Å². The quantitative estimate of drug-likeness (QED) is 0.793. The number of ether oxygens (including phenoxy) is 1. The second-order valence-corrected chi connectivity index (χ2v) is 6.80. The van der Waals surface area contributed by atoms with Gasteiger partial charge in [-0.15, -0.1) is 0 Å². The lowest BCUT2D eigenvalue weighted by molar-refractivity contribution is 0.0220. The van der Waals surface area contributed by atoms with Crippen LogP contribution in [0.2, 0.25) is 0 Å². The summed E-state index contributed by atoms with van der Waals surface area (Å²) in [7, 11) is 0. The third kappa shape index (κ3) is 3.13. The van der Waals surface area contributed by atoms with Crippen LogP contribution in [0.1, 0.15) is 32.0 Å². The zero-order valence-corrected chi connectivity index (χ0v) is 13.2. The van der Waals surface area contributed by atoms with Crippen LogP contribution in [0.4, 0.5) is 15.1 Å². The van der Waals surface area contributed by atoms with Crippen molar-refractivity contribution in [3.63, 3.8) is 0 Å². The summed E-state index contributed by atoms with van der Waals surface area (Å²) >= 11 is 0. The topological polar surface area (TPSA) is 58.6 Å². The summed E-state index contributed by atoms with van der Waals surface area (Å²) in [6.45, 7) is 7.23. The fourth-order valence-corrected chi connectivity index (χ4v) is 2.52. The Morgan fingerprint density at radius 2 is 2.14 bits per heavy atom. The third-order valence-electron chi connectivity index (χ3n) is 3.70. The average molecular weight is 308 g/mol. The molecule has 0 bridgehead atoms. The molecule has 0 saturated carbocycles. The molecule has 3 heterocycles. The number of nitrogens with zero attached hydrogens (tertiary/aromatic N) is 4. The molecule has 1 saturated heterocycles. The first-order valence-electron chi connectivity index (χ1n) is 7.53. The summed E-state index contributed by atoms with van der Waals surface area (Å²) in [5.74, 6) is 0.540. The van der Waals surface area contributed by atoms with Gasteiger partial charge in [-0.25, -0.2) is 19.2 Å². The van der Waals surface area contributed by atoms with E-state index in [-0.39, 0.29) is 6.09 Å². The van der Waals surface area contributed by atoms with E-state index in [0.717, 1.165) is 11.3 Å². The minimum absolute atomic E-state index is 0.328. The number of hydrogen-bond donors (Lipinski definition) is 0. The average Bonchev–Trinajstić information content (AvgIpc) is 2.41. The number of carbonyl (C=O) groups excluding carboxylic acids is 1. The van der Waals surface area contributed by atoms with Gasteiger partial charge in [-0.05, 0) is 32.8 Å². The fraction of sp³-hybridized carbons (Fsp3) is 0.667. The van der Waals surface area contributed by atoms with Crippen molar-refractivity contribution in [2.24, 2.45) is 0 Å². The number of amides is 1. The Hall–Kier alpha value is -1.92. The molecule has 7 heteroatoms. The van der Waals surface area contributed by atoms with E-state index in [1.54, 1.807) is 16.0 Å². The molecule has 120 valence electrons. The molecule has 0 N–H and O–H groups in total. The highest BCUT2D eigenvalue weighted by atomic mass is 19.1. The molecular formula is C15H21FN4O2. The Morgan fingerprint density at radius 3 is 2.77 bits per heavy atom. The number of anilines is 1. The molecule has 0 aliphatic carbocycles. The minimum Gasteiger partial charge on any atom is -0.444 e. The smallest absolute Gasteiger partial charge is 0.410 e. The molecule has 0 atom stereocenters. The Labute approximate surface area is 129 Å². The second kappa shape index (κ2) is 5.37. The van der Waals surface area contributed by atoms with E-state index in [1.807, 2.05) is 20.8 Å². The molecular weight excluding hydrogens is 287 g/mol. The van der Waals surface area contributed by atoms with E-state index in [9.17, 15) is 9.18 Å². The van der Waals surface area contributed by atoms with Crippen molar-refractivity contribution in [1.29, 1.82) is 0 Å². The van der Waals surface area contributed by atoms with Gasteiger partial charge in [0.2, 0.25) is 5.95 Å². The monoisotopic (exact) mass is 308 g/mol. The SMILES string of the molecule is CC(C)(C)OC(=O)N1CCc2cnc(N3CC(F)C3)nc2C1. The van der Waals surface area contributed by atoms with Crippen LogP contribution in [-0.2, 0) is 17.7 Å². The predicted octanol–water partition coefficient (Wildman–Crippen LogP) is 1.93. The number of aromatic nitrogens is 2. The van der Waals surface area contributed by atoms with E-state index in [0.29, 0.717) is 38.5 Å². The maximum atomic E-state index is 13.0. The van der Waals surface area contributed by atoms with E-state index >= 15 is 0 Å². The summed E-state index contributed by atoms with van der Waals surface area (Å²) in [4.78, 5) is 24.4. The molecule has 0 radical (unpaired) electrons. The first-order chi connectivity index (χ1) is 10.3. The maximum absolute atomic E-state index is 13.0. The molecule has 0 spiro atoms. The third-order valence-corrected chi connectivity index (χ3v) is 3.70. The standard InChI is InChI=1S/C15H21FN4O2/c1-15(2,3)22-14(21)19-5-4-10-6-17-13(18-12(10)9-19)20-7-11(16)8-20/h6,11H,4-5,7-9H2,1-3H3. The highest BCUT2D eigenvalue weighted by Crippen LogP contribution is 2.23. The molecule has 2 aliphatic heterocycles. The normalized spacial score (nSPS) is 18.7. The van der Waals surface area contributed by atoms with Gasteiger partial charge >= 0.3 is 6.09 Å². The molecule has 1 fully saturated rings. The van der Waals surface area contributed by atoms with Gasteiger partial charge < -0.3 is 14.5 Å². The number of halogens is 1. The van der Waals surface area contributed by atoms with Crippen molar-refractivity contribution < 1.29 is 13.9 Å². The van der Waals surface area contributed by atoms with E-state index in [2.05, 4.69) is 9.97 Å². The molecule has 3 rings (SSSR count). The van der Waals surface area contributed by atoms with Crippen molar-refractivity contribution in [1.82, 2.24) is 14.9 Å². The van der Waals surface area contributed by atoms with E-state index < -0.39 is 11.8 Å². The molecule has 0 aromatic carbocycles. The lowest BCUT2D eigenvalue weighted by Gasteiger charge is -2.35. The van der Waals surface area contributed by atoms with Crippen LogP contribution in [0.5, 0.6) is 0 Å². The Morgan fingerprint density at radius 1 is 1.41 bits per heavy atom. The molecule has 1 amide bonds. The zero-order chi connectivity index (χ0) is 15.9. The molecule has 6 nitrogen and oxygen atoms in total. The van der Waals surface area contributed by atoms with Gasteiger partial charge in [-0.1, -0.05) is 0 Å². The lowest BCUT2D eigenvalue weighted by Crippen LogP contribution is -2.49. The van der Waals surface area contributed by atoms with Crippen LogP contribution in [0.3, 0.4) is 0 Å². The van der Waals surface area contributed by atoms with Crippen molar-refractivity contribution >= 4 is 12.0 Å². The second-order valence-electron chi connectivity index (χ2n) is 6.80. The van der Waals surface area contributed by atoms with Crippen LogP contribution in [0.15, 0.2) is 6.20 Å². The summed E-state index contributed by atoms with van der Waals surface area (Å²) in [5.41, 5.74) is 1.35. The number of carbonyl (C=O) groups is 1. The van der Waals surface area contributed by atoms with Crippen LogP contribution >= 0.6 is 0 Å². The van der Waals surface area contributed by atoms with Crippen LogP contribution in [-0.4, -0.2) is 52.4 Å². The molecule has 0 unspecified atom stereocenters. The first kappa shape index (κ1) is 15.0. The van der Waals surface area contributed by atoms with Crippen molar-refractivity contribution in [2.75, 3.05) is 24.5 Å². The summed E-state index contributed by atoms with van der Waals surface area (Å²) < 4.78 is 18.4. The van der Waals surface area contributed by atoms with Gasteiger partial charge in [-0.3, -0.25) is 0 Å². The number of fused-ring (bicyclic) bond motifs is 1. The molecule has 2 aliphatic rings.